The molecule has 1 amide bonds. The van der Waals surface area contributed by atoms with Crippen LogP contribution in [0.3, 0.4) is 0 Å². The van der Waals surface area contributed by atoms with Crippen molar-refractivity contribution in [3.8, 4) is 5.75 Å². The lowest BCUT2D eigenvalue weighted by atomic mass is 10.1. The van der Waals surface area contributed by atoms with Crippen LogP contribution in [0.1, 0.15) is 30.0 Å². The average Bonchev–Trinajstić information content (AvgIpc) is 3.16. The van der Waals surface area contributed by atoms with Gasteiger partial charge in [-0.25, -0.2) is 0 Å². The topological polar surface area (TPSA) is 59.6 Å². The quantitative estimate of drug-likeness (QED) is 0.799. The summed E-state index contributed by atoms with van der Waals surface area (Å²) in [6, 6.07) is 15.0. The van der Waals surface area contributed by atoms with E-state index in [0.29, 0.717) is 18.0 Å². The third-order valence-electron chi connectivity index (χ3n) is 4.58. The molecule has 2 aromatic carbocycles. The number of rotatable bonds is 7. The fraction of sp³-hybridized carbons (Fsp3) is 0.381. The van der Waals surface area contributed by atoms with E-state index in [1.165, 1.54) is 0 Å². The Morgan fingerprint density at radius 1 is 1.27 bits per heavy atom. The zero-order valence-electron chi connectivity index (χ0n) is 15.3. The fourth-order valence-electron chi connectivity index (χ4n) is 3.19. The number of ether oxygens (including phenoxy) is 2. The number of aryl methyl sites for hydroxylation is 1. The van der Waals surface area contributed by atoms with Crippen molar-refractivity contribution in [1.29, 1.82) is 0 Å². The van der Waals surface area contributed by atoms with Crippen LogP contribution in [0, 0.1) is 6.92 Å². The first-order valence-electron chi connectivity index (χ1n) is 9.03. The Kier molecular flexibility index (Phi) is 6.26. The molecule has 3 rings (SSSR count). The van der Waals surface area contributed by atoms with Crippen molar-refractivity contribution in [3.05, 3.63) is 59.7 Å². The summed E-state index contributed by atoms with van der Waals surface area (Å²) in [6.07, 6.45) is 2.28. The Balaban J connectivity index is 1.77. The third kappa shape index (κ3) is 4.62. The van der Waals surface area contributed by atoms with Gasteiger partial charge in [0.25, 0.3) is 0 Å². The van der Waals surface area contributed by atoms with Gasteiger partial charge in [-0.05, 0) is 43.0 Å². The number of nitrogens with one attached hydrogen (secondary N) is 2. The van der Waals surface area contributed by atoms with Crippen molar-refractivity contribution in [2.75, 3.05) is 25.6 Å². The van der Waals surface area contributed by atoms with Gasteiger partial charge in [-0.1, -0.05) is 36.4 Å². The van der Waals surface area contributed by atoms with Crippen molar-refractivity contribution in [3.63, 3.8) is 0 Å². The molecule has 138 valence electrons. The Bertz CT molecular complexity index is 727. The molecule has 0 radical (unpaired) electrons. The normalized spacial score (nSPS) is 17.7. The minimum atomic E-state index is -0.453. The molecule has 2 atom stereocenters. The maximum absolute atomic E-state index is 13.0. The van der Waals surface area contributed by atoms with Crippen molar-refractivity contribution < 1.29 is 14.3 Å². The number of anilines is 1. The Labute approximate surface area is 154 Å². The molecule has 2 N–H and O–H groups in total. The second-order valence-corrected chi connectivity index (χ2v) is 6.58. The number of carbonyl (C=O) groups excluding carboxylic acids is 1. The monoisotopic (exact) mass is 354 g/mol. The van der Waals surface area contributed by atoms with E-state index in [2.05, 4.69) is 10.6 Å². The molecule has 1 saturated heterocycles. The lowest BCUT2D eigenvalue weighted by molar-refractivity contribution is -0.118. The van der Waals surface area contributed by atoms with Crippen molar-refractivity contribution in [1.82, 2.24) is 5.32 Å². The molecule has 0 aliphatic carbocycles. The molecule has 2 aromatic rings. The summed E-state index contributed by atoms with van der Waals surface area (Å²) in [4.78, 5) is 13.0. The SMILES string of the molecule is COc1ccc(C)cc1NC(=O)[C@H](NC[C@H]1CCCO1)c1ccccc1. The van der Waals surface area contributed by atoms with E-state index in [0.717, 1.165) is 30.6 Å². The number of hydrogen-bond donors (Lipinski definition) is 2. The Morgan fingerprint density at radius 2 is 2.08 bits per heavy atom. The van der Waals surface area contributed by atoms with Crippen LogP contribution in [0.5, 0.6) is 5.75 Å². The smallest absolute Gasteiger partial charge is 0.246 e. The van der Waals surface area contributed by atoms with Crippen LogP contribution in [-0.4, -0.2) is 32.3 Å². The van der Waals surface area contributed by atoms with Crippen molar-refractivity contribution in [2.45, 2.75) is 31.9 Å². The molecular formula is C21H26N2O3. The van der Waals surface area contributed by atoms with Crippen LogP contribution < -0.4 is 15.4 Å². The number of benzene rings is 2. The minimum Gasteiger partial charge on any atom is -0.495 e. The molecule has 1 heterocycles. The molecule has 0 saturated carbocycles. The molecule has 0 bridgehead atoms. The van der Waals surface area contributed by atoms with E-state index in [-0.39, 0.29) is 12.0 Å². The van der Waals surface area contributed by atoms with Crippen LogP contribution in [0.4, 0.5) is 5.69 Å². The number of amides is 1. The predicted octanol–water partition coefficient (Wildman–Crippen LogP) is 3.45. The number of methoxy groups -OCH3 is 1. The van der Waals surface area contributed by atoms with Gasteiger partial charge in [-0.3, -0.25) is 10.1 Å². The summed E-state index contributed by atoms with van der Waals surface area (Å²) in [5.74, 6) is 0.535. The van der Waals surface area contributed by atoms with Crippen molar-refractivity contribution in [2.24, 2.45) is 0 Å². The van der Waals surface area contributed by atoms with E-state index in [1.807, 2.05) is 55.5 Å². The largest absolute Gasteiger partial charge is 0.495 e. The van der Waals surface area contributed by atoms with Gasteiger partial charge in [-0.15, -0.1) is 0 Å². The second-order valence-electron chi connectivity index (χ2n) is 6.58. The van der Waals surface area contributed by atoms with Gasteiger partial charge >= 0.3 is 0 Å². The van der Waals surface area contributed by atoms with E-state index in [9.17, 15) is 4.79 Å². The summed E-state index contributed by atoms with van der Waals surface area (Å²) in [5, 5.41) is 6.38. The van der Waals surface area contributed by atoms with Crippen LogP contribution >= 0.6 is 0 Å². The first-order chi connectivity index (χ1) is 12.7. The highest BCUT2D eigenvalue weighted by atomic mass is 16.5. The van der Waals surface area contributed by atoms with Gasteiger partial charge in [0.15, 0.2) is 0 Å². The molecule has 1 fully saturated rings. The first kappa shape index (κ1) is 18.4. The van der Waals surface area contributed by atoms with E-state index in [4.69, 9.17) is 9.47 Å². The number of hydrogen-bond acceptors (Lipinski definition) is 4. The molecule has 26 heavy (non-hydrogen) atoms. The Hall–Kier alpha value is -2.37. The molecule has 1 aliphatic heterocycles. The second kappa shape index (κ2) is 8.83. The summed E-state index contributed by atoms with van der Waals surface area (Å²) in [6.45, 7) is 3.44. The van der Waals surface area contributed by atoms with Crippen LogP contribution in [0.15, 0.2) is 48.5 Å². The van der Waals surface area contributed by atoms with Gasteiger partial charge in [0, 0.05) is 13.2 Å². The highest BCUT2D eigenvalue weighted by Gasteiger charge is 2.24. The lowest BCUT2D eigenvalue weighted by Gasteiger charge is -2.21. The summed E-state index contributed by atoms with van der Waals surface area (Å²) in [7, 11) is 1.60. The number of carbonyl (C=O) groups is 1. The molecule has 0 spiro atoms. The molecule has 5 heteroatoms. The molecule has 0 unspecified atom stereocenters. The van der Waals surface area contributed by atoms with Crippen LogP contribution in [-0.2, 0) is 9.53 Å². The molecule has 5 nitrogen and oxygen atoms in total. The summed E-state index contributed by atoms with van der Waals surface area (Å²) >= 11 is 0. The van der Waals surface area contributed by atoms with Gasteiger partial charge in [0.2, 0.25) is 5.91 Å². The standard InChI is InChI=1S/C21H26N2O3/c1-15-10-11-19(25-2)18(13-15)23-21(24)20(16-7-4-3-5-8-16)22-14-17-9-6-12-26-17/h3-5,7-8,10-11,13,17,20,22H,6,9,12,14H2,1-2H3,(H,23,24)/t17-,20-/m1/s1. The van der Waals surface area contributed by atoms with Gasteiger partial charge in [0.1, 0.15) is 11.8 Å². The maximum atomic E-state index is 13.0. The third-order valence-corrected chi connectivity index (χ3v) is 4.58. The zero-order chi connectivity index (χ0) is 18.4. The fourth-order valence-corrected chi connectivity index (χ4v) is 3.19. The van der Waals surface area contributed by atoms with Crippen molar-refractivity contribution >= 4 is 11.6 Å². The van der Waals surface area contributed by atoms with Crippen LogP contribution in [0.2, 0.25) is 0 Å². The lowest BCUT2D eigenvalue weighted by Crippen LogP contribution is -2.37. The van der Waals surface area contributed by atoms with Gasteiger partial charge in [0.05, 0.1) is 18.9 Å². The van der Waals surface area contributed by atoms with Crippen LogP contribution in [0.25, 0.3) is 0 Å². The molecular weight excluding hydrogens is 328 g/mol. The average molecular weight is 354 g/mol. The van der Waals surface area contributed by atoms with Gasteiger partial charge < -0.3 is 14.8 Å². The predicted molar refractivity (Wildman–Crippen MR) is 103 cm³/mol. The summed E-state index contributed by atoms with van der Waals surface area (Å²) < 4.78 is 11.0. The van der Waals surface area contributed by atoms with E-state index < -0.39 is 6.04 Å². The van der Waals surface area contributed by atoms with E-state index >= 15 is 0 Å². The van der Waals surface area contributed by atoms with Gasteiger partial charge in [-0.2, -0.15) is 0 Å². The molecule has 0 aromatic heterocycles. The summed E-state index contributed by atoms with van der Waals surface area (Å²) in [5.41, 5.74) is 2.66. The Morgan fingerprint density at radius 3 is 2.77 bits per heavy atom. The highest BCUT2D eigenvalue weighted by Crippen LogP contribution is 2.27. The zero-order valence-corrected chi connectivity index (χ0v) is 15.3. The van der Waals surface area contributed by atoms with E-state index in [1.54, 1.807) is 7.11 Å². The minimum absolute atomic E-state index is 0.113. The maximum Gasteiger partial charge on any atom is 0.246 e. The highest BCUT2D eigenvalue weighted by molar-refractivity contribution is 5.96. The first-order valence-corrected chi connectivity index (χ1v) is 9.03. The molecule has 1 aliphatic rings.